The van der Waals surface area contributed by atoms with Gasteiger partial charge in [0.05, 0.1) is 12.6 Å². The van der Waals surface area contributed by atoms with E-state index in [-0.39, 0.29) is 29.0 Å². The molecular weight excluding hydrogens is 390 g/mol. The summed E-state index contributed by atoms with van der Waals surface area (Å²) in [6, 6.07) is 7.77. The highest BCUT2D eigenvalue weighted by atomic mass is 32.2. The lowest BCUT2D eigenvalue weighted by molar-refractivity contribution is -0.123. The van der Waals surface area contributed by atoms with Gasteiger partial charge >= 0.3 is 0 Å². The highest BCUT2D eigenvalue weighted by Crippen LogP contribution is 2.42. The molecule has 0 saturated carbocycles. The maximum Gasteiger partial charge on any atom is 0.264 e. The van der Waals surface area contributed by atoms with E-state index >= 15 is 0 Å². The topological polar surface area (TPSA) is 103 Å². The third kappa shape index (κ3) is 3.89. The summed E-state index contributed by atoms with van der Waals surface area (Å²) in [6.45, 7) is 5.76. The molecule has 8 nitrogen and oxygen atoms in total. The van der Waals surface area contributed by atoms with Gasteiger partial charge in [0.1, 0.15) is 16.8 Å². The van der Waals surface area contributed by atoms with Crippen molar-refractivity contribution in [3.8, 4) is 5.75 Å². The maximum atomic E-state index is 13.1. The Labute approximate surface area is 173 Å². The molecule has 2 unspecified atom stereocenters. The Morgan fingerprint density at radius 3 is 2.59 bits per heavy atom. The number of amides is 1. The molecule has 0 aliphatic carbocycles. The molecule has 2 atom stereocenters. The molecule has 4 rings (SSSR count). The number of nitrogens with two attached hydrogens (primary N) is 1. The molecule has 1 saturated heterocycles. The van der Waals surface area contributed by atoms with Crippen molar-refractivity contribution in [3.05, 3.63) is 35.7 Å². The fraction of sp³-hybridized carbons (Fsp3) is 0.500. The molecule has 1 amide bonds. The number of hydrogen-bond donors (Lipinski definition) is 1. The van der Waals surface area contributed by atoms with Gasteiger partial charge in [-0.25, -0.2) is 4.98 Å². The molecule has 29 heavy (non-hydrogen) atoms. The highest BCUT2D eigenvalue weighted by Gasteiger charge is 2.43. The van der Waals surface area contributed by atoms with E-state index in [4.69, 9.17) is 10.5 Å². The van der Waals surface area contributed by atoms with E-state index in [2.05, 4.69) is 15.0 Å². The van der Waals surface area contributed by atoms with Crippen molar-refractivity contribution in [1.29, 1.82) is 0 Å². The number of ether oxygens (including phenoxy) is 1. The van der Waals surface area contributed by atoms with Gasteiger partial charge in [0.15, 0.2) is 5.16 Å². The van der Waals surface area contributed by atoms with E-state index in [1.54, 1.807) is 6.92 Å². The van der Waals surface area contributed by atoms with Crippen LogP contribution in [0, 0.1) is 12.8 Å². The van der Waals surface area contributed by atoms with E-state index in [9.17, 15) is 9.59 Å². The maximum absolute atomic E-state index is 13.1. The number of fused-ring (bicyclic) bond motifs is 1. The van der Waals surface area contributed by atoms with Gasteiger partial charge in [-0.05, 0) is 57.5 Å². The van der Waals surface area contributed by atoms with Crippen LogP contribution in [-0.4, -0.2) is 56.4 Å². The van der Waals surface area contributed by atoms with E-state index in [0.717, 1.165) is 11.3 Å². The van der Waals surface area contributed by atoms with Gasteiger partial charge in [-0.15, -0.1) is 5.10 Å². The Hall–Kier alpha value is -2.39. The van der Waals surface area contributed by atoms with Crippen molar-refractivity contribution in [2.75, 3.05) is 19.7 Å². The molecule has 154 valence electrons. The van der Waals surface area contributed by atoms with E-state index in [0.29, 0.717) is 43.5 Å². The number of piperidine rings is 1. The average Bonchev–Trinajstić information content (AvgIpc) is 3.21. The SMILES string of the molecule is CCOc1ccc(C(C2Sc3nc(C)nn3C2=O)N2CCC(C(N)=O)CC2)cc1. The van der Waals surface area contributed by atoms with Crippen molar-refractivity contribution < 1.29 is 14.3 Å². The Bertz CT molecular complexity index is 905. The van der Waals surface area contributed by atoms with Crippen LogP contribution in [0.2, 0.25) is 0 Å². The molecule has 1 fully saturated rings. The quantitative estimate of drug-likeness (QED) is 0.770. The molecule has 2 aliphatic heterocycles. The van der Waals surface area contributed by atoms with Crippen LogP contribution in [0.4, 0.5) is 0 Å². The smallest absolute Gasteiger partial charge is 0.264 e. The third-order valence-electron chi connectivity index (χ3n) is 5.51. The number of aryl methyl sites for hydroxylation is 1. The molecule has 2 N–H and O–H groups in total. The van der Waals surface area contributed by atoms with Crippen molar-refractivity contribution in [1.82, 2.24) is 19.7 Å². The van der Waals surface area contributed by atoms with E-state index in [1.807, 2.05) is 31.2 Å². The number of rotatable bonds is 6. The normalized spacial score (nSPS) is 21.2. The third-order valence-corrected chi connectivity index (χ3v) is 6.70. The first kappa shape index (κ1) is 19.9. The standard InChI is InChI=1S/C20H25N5O3S/c1-3-28-15-6-4-13(5-7-15)16(24-10-8-14(9-11-24)18(21)26)17-19(27)25-20(29-17)22-12(2)23-25/h4-7,14,16-17H,3,8-11H2,1-2H3,(H2,21,26). The van der Waals surface area contributed by atoms with Crippen LogP contribution in [0.5, 0.6) is 5.75 Å². The Morgan fingerprint density at radius 1 is 1.31 bits per heavy atom. The number of nitrogens with zero attached hydrogens (tertiary/aromatic N) is 4. The van der Waals surface area contributed by atoms with Gasteiger partial charge in [0, 0.05) is 5.92 Å². The second kappa shape index (κ2) is 8.16. The number of hydrogen-bond acceptors (Lipinski definition) is 7. The molecule has 1 aromatic heterocycles. The second-order valence-corrected chi connectivity index (χ2v) is 8.50. The first-order chi connectivity index (χ1) is 14.0. The summed E-state index contributed by atoms with van der Waals surface area (Å²) in [6.07, 6.45) is 1.41. The van der Waals surface area contributed by atoms with Crippen molar-refractivity contribution in [2.24, 2.45) is 11.7 Å². The number of benzene rings is 1. The first-order valence-electron chi connectivity index (χ1n) is 9.88. The summed E-state index contributed by atoms with van der Waals surface area (Å²) in [5.41, 5.74) is 6.54. The monoisotopic (exact) mass is 415 g/mol. The number of carbonyl (C=O) groups excluding carboxylic acids is 2. The lowest BCUT2D eigenvalue weighted by atomic mass is 9.92. The zero-order valence-corrected chi connectivity index (χ0v) is 17.4. The molecule has 9 heteroatoms. The minimum absolute atomic E-state index is 0.0542. The van der Waals surface area contributed by atoms with Gasteiger partial charge in [0.25, 0.3) is 5.91 Å². The predicted octanol–water partition coefficient (Wildman–Crippen LogP) is 2.04. The number of thioether (sulfide) groups is 1. The minimum atomic E-state index is -0.339. The Morgan fingerprint density at radius 2 is 2.00 bits per heavy atom. The van der Waals surface area contributed by atoms with Crippen molar-refractivity contribution in [3.63, 3.8) is 0 Å². The summed E-state index contributed by atoms with van der Waals surface area (Å²) in [4.78, 5) is 31.4. The highest BCUT2D eigenvalue weighted by molar-refractivity contribution is 8.00. The van der Waals surface area contributed by atoms with Crippen molar-refractivity contribution >= 4 is 23.6 Å². The molecule has 1 aromatic carbocycles. The van der Waals surface area contributed by atoms with E-state index < -0.39 is 0 Å². The van der Waals surface area contributed by atoms with Crippen LogP contribution < -0.4 is 10.5 Å². The van der Waals surface area contributed by atoms with Gasteiger partial charge in [-0.2, -0.15) is 4.68 Å². The molecule has 3 heterocycles. The van der Waals surface area contributed by atoms with Gasteiger partial charge < -0.3 is 10.5 Å². The zero-order valence-electron chi connectivity index (χ0n) is 16.6. The lowest BCUT2D eigenvalue weighted by Gasteiger charge is -2.38. The summed E-state index contributed by atoms with van der Waals surface area (Å²) < 4.78 is 6.98. The summed E-state index contributed by atoms with van der Waals surface area (Å²) >= 11 is 1.46. The van der Waals surface area contributed by atoms with Crippen LogP contribution in [0.1, 0.15) is 42.0 Å². The largest absolute Gasteiger partial charge is 0.494 e. The zero-order chi connectivity index (χ0) is 20.5. The second-order valence-electron chi connectivity index (χ2n) is 7.39. The van der Waals surface area contributed by atoms with Crippen LogP contribution >= 0.6 is 11.8 Å². The fourth-order valence-corrected chi connectivity index (χ4v) is 5.37. The van der Waals surface area contributed by atoms with Crippen LogP contribution in [0.25, 0.3) is 0 Å². The van der Waals surface area contributed by atoms with Crippen molar-refractivity contribution in [2.45, 2.75) is 43.1 Å². The summed E-state index contributed by atoms with van der Waals surface area (Å²) in [5, 5.41) is 4.55. The number of primary amides is 1. The van der Waals surface area contributed by atoms with E-state index in [1.165, 1.54) is 16.4 Å². The summed E-state index contributed by atoms with van der Waals surface area (Å²) in [5.74, 6) is 1.01. The van der Waals surface area contributed by atoms with Gasteiger partial charge in [-0.1, -0.05) is 23.9 Å². The molecule has 2 aromatic rings. The molecule has 0 radical (unpaired) electrons. The van der Waals surface area contributed by atoms with Crippen LogP contribution in [0.3, 0.4) is 0 Å². The molecule has 0 spiro atoms. The minimum Gasteiger partial charge on any atom is -0.494 e. The fourth-order valence-electron chi connectivity index (χ4n) is 4.07. The van der Waals surface area contributed by atoms with Gasteiger partial charge in [0.2, 0.25) is 5.91 Å². The molecule has 0 bridgehead atoms. The first-order valence-corrected chi connectivity index (χ1v) is 10.8. The average molecular weight is 416 g/mol. The lowest BCUT2D eigenvalue weighted by Crippen LogP contribution is -2.45. The van der Waals surface area contributed by atoms with Crippen LogP contribution in [0.15, 0.2) is 29.4 Å². The summed E-state index contributed by atoms with van der Waals surface area (Å²) in [7, 11) is 0. The number of aromatic nitrogens is 3. The Balaban J connectivity index is 1.62. The Kier molecular flexibility index (Phi) is 5.60. The molecular formula is C20H25N5O3S. The predicted molar refractivity (Wildman–Crippen MR) is 109 cm³/mol. The number of likely N-dealkylation sites (tertiary alicyclic amines) is 1. The van der Waals surface area contributed by atoms with Gasteiger partial charge in [-0.3, -0.25) is 14.5 Å². The molecule has 2 aliphatic rings. The number of carbonyl (C=O) groups is 2. The van der Waals surface area contributed by atoms with Crippen LogP contribution in [-0.2, 0) is 4.79 Å².